The molecule has 2 aromatic heterocycles. The maximum Gasteiger partial charge on any atom is 0.293 e. The van der Waals surface area contributed by atoms with E-state index < -0.39 is 17.8 Å². The Morgan fingerprint density at radius 2 is 1.78 bits per heavy atom. The number of fused-ring (bicyclic) bond motifs is 2. The summed E-state index contributed by atoms with van der Waals surface area (Å²) in [6.07, 6.45) is 5.84. The van der Waals surface area contributed by atoms with Gasteiger partial charge in [0, 0.05) is 86.5 Å². The van der Waals surface area contributed by atoms with Crippen LogP contribution in [0.3, 0.4) is 0 Å². The largest absolute Gasteiger partial charge is 0.478 e. The molecule has 6 heterocycles. The quantitative estimate of drug-likeness (QED) is 0.169. The van der Waals surface area contributed by atoms with Crippen molar-refractivity contribution in [3.63, 3.8) is 0 Å². The van der Waals surface area contributed by atoms with Gasteiger partial charge in [0.05, 0.1) is 36.2 Å². The van der Waals surface area contributed by atoms with Crippen molar-refractivity contribution in [3.05, 3.63) is 74.9 Å². The van der Waals surface area contributed by atoms with Gasteiger partial charge in [0.25, 0.3) is 17.4 Å². The normalized spacial score (nSPS) is 22.9. The molecule has 65 heavy (non-hydrogen) atoms. The molecule has 0 spiro atoms. The number of aromatic nitrogens is 3. The number of nitrogens with one attached hydrogen (secondary N) is 3. The first-order chi connectivity index (χ1) is 31.3. The van der Waals surface area contributed by atoms with Crippen molar-refractivity contribution in [2.24, 2.45) is 0 Å². The smallest absolute Gasteiger partial charge is 0.293 e. The Kier molecular flexibility index (Phi) is 12.4. The van der Waals surface area contributed by atoms with Crippen molar-refractivity contribution in [1.82, 2.24) is 35.0 Å². The van der Waals surface area contributed by atoms with Crippen LogP contribution in [0.4, 0.5) is 27.5 Å². The molecule has 2 atom stereocenters. The van der Waals surface area contributed by atoms with Crippen LogP contribution in [0.2, 0.25) is 5.02 Å². The van der Waals surface area contributed by atoms with Crippen LogP contribution < -0.4 is 36.0 Å². The van der Waals surface area contributed by atoms with E-state index in [1.54, 1.807) is 29.0 Å². The minimum absolute atomic E-state index is 0.00687. The number of pyridine rings is 1. The van der Waals surface area contributed by atoms with E-state index in [1.165, 1.54) is 11.9 Å². The Labute approximate surface area is 380 Å². The van der Waals surface area contributed by atoms with Gasteiger partial charge in [-0.1, -0.05) is 11.6 Å². The standard InChI is InChI=1S/C46H54ClFN10O7/c1-25(2)58-35-7-5-28(17-27(35)18-38(45(58)63)64-24-40(60)49-4)51-42-34(47)21-50-46(53-42)54-13-11-30(12-14-54)65-31-19-29(20-31)56-16-15-55(22-26(56)3)36-8-6-32-33(41(36)48)23-57(44(32)62)37-9-10-39(59)52-43(37)61/h5-8,17-18,21,25-26,29-31,37H,9-16,19-20,22-24H2,1-4H3,(H,49,60)(H,50,51,53)(H,52,59,61)/t26-,29?,31?,37+/m0/s1. The monoisotopic (exact) mass is 912 g/mol. The van der Waals surface area contributed by atoms with Crippen LogP contribution >= 0.6 is 11.6 Å². The van der Waals surface area contributed by atoms with Crippen LogP contribution in [0.5, 0.6) is 5.75 Å². The number of ether oxygens (including phenoxy) is 2. The molecule has 4 fully saturated rings. The van der Waals surface area contributed by atoms with Crippen molar-refractivity contribution < 1.29 is 33.0 Å². The Balaban J connectivity index is 0.757. The molecular weight excluding hydrogens is 859 g/mol. The highest BCUT2D eigenvalue weighted by Crippen LogP contribution is 2.38. The maximum absolute atomic E-state index is 16.1. The summed E-state index contributed by atoms with van der Waals surface area (Å²) in [7, 11) is 1.51. The van der Waals surface area contributed by atoms with Gasteiger partial charge in [-0.25, -0.2) is 9.37 Å². The van der Waals surface area contributed by atoms with Gasteiger partial charge in [-0.05, 0) is 89.3 Å². The number of imide groups is 1. The number of nitrogens with zero attached hydrogens (tertiary/aromatic N) is 7. The van der Waals surface area contributed by atoms with Gasteiger partial charge in [0.2, 0.25) is 17.8 Å². The van der Waals surface area contributed by atoms with Gasteiger partial charge in [-0.2, -0.15) is 4.98 Å². The third kappa shape index (κ3) is 8.82. The number of piperidine rings is 2. The third-order valence-electron chi connectivity index (χ3n) is 13.4. The molecule has 0 bridgehead atoms. The van der Waals surface area contributed by atoms with E-state index in [1.807, 2.05) is 32.0 Å². The van der Waals surface area contributed by atoms with E-state index >= 15 is 4.39 Å². The van der Waals surface area contributed by atoms with Crippen LogP contribution in [0.1, 0.15) is 81.3 Å². The second-order valence-electron chi connectivity index (χ2n) is 17.9. The molecule has 3 saturated heterocycles. The lowest BCUT2D eigenvalue weighted by Crippen LogP contribution is -2.60. The molecule has 9 rings (SSSR count). The number of likely N-dealkylation sites (N-methyl/N-ethyl adjacent to an activating group) is 1. The van der Waals surface area contributed by atoms with Gasteiger partial charge in [-0.3, -0.25) is 34.2 Å². The minimum atomic E-state index is -0.787. The van der Waals surface area contributed by atoms with E-state index in [-0.39, 0.29) is 84.9 Å². The van der Waals surface area contributed by atoms with Crippen LogP contribution in [0.25, 0.3) is 10.9 Å². The zero-order valence-electron chi connectivity index (χ0n) is 36.9. The number of carbonyl (C=O) groups is 4. The summed E-state index contributed by atoms with van der Waals surface area (Å²) >= 11 is 6.60. The minimum Gasteiger partial charge on any atom is -0.478 e. The van der Waals surface area contributed by atoms with E-state index in [0.29, 0.717) is 52.9 Å². The molecule has 344 valence electrons. The second kappa shape index (κ2) is 18.2. The molecule has 0 unspecified atom stereocenters. The number of amides is 4. The number of piperazine rings is 1. The topological polar surface area (TPSA) is 184 Å². The molecule has 4 amide bonds. The lowest BCUT2D eigenvalue weighted by Gasteiger charge is -2.50. The molecule has 17 nitrogen and oxygen atoms in total. The molecule has 2 aromatic carbocycles. The number of hydrogen-bond acceptors (Lipinski definition) is 13. The first kappa shape index (κ1) is 44.4. The lowest BCUT2D eigenvalue weighted by molar-refractivity contribution is -0.137. The number of hydrogen-bond donors (Lipinski definition) is 3. The van der Waals surface area contributed by atoms with Gasteiger partial charge in [-0.15, -0.1) is 0 Å². The molecule has 4 aromatic rings. The molecular formula is C46H54ClFN10O7. The molecule has 3 N–H and O–H groups in total. The van der Waals surface area contributed by atoms with Crippen molar-refractivity contribution in [2.75, 3.05) is 61.5 Å². The fourth-order valence-electron chi connectivity index (χ4n) is 9.92. The van der Waals surface area contributed by atoms with Crippen LogP contribution in [-0.2, 0) is 25.7 Å². The summed E-state index contributed by atoms with van der Waals surface area (Å²) in [6, 6.07) is 10.2. The fraction of sp³-hybridized carbons (Fsp3) is 0.500. The lowest BCUT2D eigenvalue weighted by atomic mass is 9.86. The summed E-state index contributed by atoms with van der Waals surface area (Å²) in [4.78, 5) is 79.9. The maximum atomic E-state index is 16.1. The summed E-state index contributed by atoms with van der Waals surface area (Å²) in [5.74, 6) is -0.913. The summed E-state index contributed by atoms with van der Waals surface area (Å²) in [5, 5.41) is 9.22. The zero-order valence-corrected chi connectivity index (χ0v) is 37.7. The van der Waals surface area contributed by atoms with E-state index in [9.17, 15) is 24.0 Å². The Bertz CT molecular complexity index is 2600. The molecule has 5 aliphatic rings. The highest BCUT2D eigenvalue weighted by molar-refractivity contribution is 6.33. The molecule has 4 aliphatic heterocycles. The number of rotatable bonds is 12. The predicted molar refractivity (Wildman–Crippen MR) is 242 cm³/mol. The van der Waals surface area contributed by atoms with Crippen molar-refractivity contribution in [3.8, 4) is 5.75 Å². The van der Waals surface area contributed by atoms with Gasteiger partial charge < -0.3 is 39.4 Å². The summed E-state index contributed by atoms with van der Waals surface area (Å²) in [6.45, 7) is 9.27. The van der Waals surface area contributed by atoms with Crippen LogP contribution in [-0.4, -0.2) is 125 Å². The van der Waals surface area contributed by atoms with Crippen LogP contribution in [0.15, 0.2) is 47.4 Å². The van der Waals surface area contributed by atoms with E-state index in [4.69, 9.17) is 26.1 Å². The number of anilines is 4. The SMILES string of the molecule is CNC(=O)COc1cc2cc(Nc3nc(N4CCC(OC5CC(N6CCN(c7ccc8c(c7F)CN([C@@H]7CCC(=O)NC7=O)C8=O)C[C@@H]6C)C5)CC4)ncc3Cl)ccc2n(C(C)C)c1=O. The number of halogens is 2. The summed E-state index contributed by atoms with van der Waals surface area (Å²) < 4.78 is 30.0. The Hall–Kier alpha value is -5.85. The second-order valence-corrected chi connectivity index (χ2v) is 18.3. The Morgan fingerprint density at radius 3 is 2.51 bits per heavy atom. The van der Waals surface area contributed by atoms with E-state index in [0.717, 1.165) is 56.2 Å². The molecule has 1 saturated carbocycles. The van der Waals surface area contributed by atoms with Crippen molar-refractivity contribution in [2.45, 2.75) is 102 Å². The van der Waals surface area contributed by atoms with Gasteiger partial charge in [0.1, 0.15) is 11.1 Å². The first-order valence-corrected chi connectivity index (χ1v) is 22.8. The number of benzene rings is 2. The first-order valence-electron chi connectivity index (χ1n) is 22.5. The van der Waals surface area contributed by atoms with Gasteiger partial charge in [0.15, 0.2) is 24.0 Å². The van der Waals surface area contributed by atoms with E-state index in [2.05, 4.69) is 42.6 Å². The third-order valence-corrected chi connectivity index (χ3v) is 13.7. The van der Waals surface area contributed by atoms with Crippen LogP contribution in [0, 0.1) is 5.82 Å². The number of carbonyl (C=O) groups excluding carboxylic acids is 4. The average molecular weight is 913 g/mol. The highest BCUT2D eigenvalue weighted by atomic mass is 35.5. The van der Waals surface area contributed by atoms with Crippen molar-refractivity contribution >= 4 is 69.3 Å². The summed E-state index contributed by atoms with van der Waals surface area (Å²) in [5.41, 5.74) is 2.16. The predicted octanol–water partition coefficient (Wildman–Crippen LogP) is 4.52. The van der Waals surface area contributed by atoms with Crippen molar-refractivity contribution in [1.29, 1.82) is 0 Å². The molecule has 1 aliphatic carbocycles. The fourth-order valence-corrected chi connectivity index (χ4v) is 10.1. The Morgan fingerprint density at radius 1 is 1.00 bits per heavy atom. The molecule has 0 radical (unpaired) electrons. The molecule has 19 heteroatoms. The van der Waals surface area contributed by atoms with Gasteiger partial charge >= 0.3 is 0 Å². The highest BCUT2D eigenvalue weighted by Gasteiger charge is 2.43. The average Bonchev–Trinajstić information content (AvgIpc) is 3.61. The zero-order chi connectivity index (χ0) is 45.7.